The van der Waals surface area contributed by atoms with Crippen molar-refractivity contribution in [3.63, 3.8) is 0 Å². The maximum absolute atomic E-state index is 9.89. The van der Waals surface area contributed by atoms with E-state index < -0.39 is 6.10 Å². The van der Waals surface area contributed by atoms with Gasteiger partial charge in [0.2, 0.25) is 0 Å². The number of thioether (sulfide) groups is 1. The maximum atomic E-state index is 9.89. The zero-order valence-corrected chi connectivity index (χ0v) is 10.7. The molecule has 1 atom stereocenters. The number of hydrogen-bond acceptors (Lipinski definition) is 4. The Labute approximate surface area is 101 Å². The smallest absolute Gasteiger partial charge is 0.137 e. The highest BCUT2D eigenvalue weighted by Gasteiger charge is 2.08. The predicted octanol–water partition coefficient (Wildman–Crippen LogP) is 2.66. The summed E-state index contributed by atoms with van der Waals surface area (Å²) in [5, 5.41) is 9.89. The third-order valence-electron chi connectivity index (χ3n) is 2.07. The second kappa shape index (κ2) is 7.52. The molecule has 0 amide bonds. The van der Waals surface area contributed by atoms with Crippen molar-refractivity contribution in [1.82, 2.24) is 4.98 Å². The van der Waals surface area contributed by atoms with Crippen LogP contribution in [0.15, 0.2) is 18.5 Å². The highest BCUT2D eigenvalue weighted by molar-refractivity contribution is 7.99. The molecule has 0 aliphatic rings. The second-order valence-corrected chi connectivity index (χ2v) is 4.80. The van der Waals surface area contributed by atoms with E-state index in [1.54, 1.807) is 24.2 Å². The number of aromatic nitrogens is 1. The lowest BCUT2D eigenvalue weighted by atomic mass is 10.2. The van der Waals surface area contributed by atoms with E-state index in [0.717, 1.165) is 23.5 Å². The van der Waals surface area contributed by atoms with Gasteiger partial charge in [0.15, 0.2) is 0 Å². The van der Waals surface area contributed by atoms with E-state index >= 15 is 0 Å². The highest BCUT2D eigenvalue weighted by Crippen LogP contribution is 2.21. The molecule has 1 aromatic heterocycles. The Morgan fingerprint density at radius 1 is 1.44 bits per heavy atom. The van der Waals surface area contributed by atoms with Gasteiger partial charge in [-0.1, -0.05) is 13.8 Å². The molecule has 0 aliphatic carbocycles. The minimum Gasteiger partial charge on any atom is -0.492 e. The number of aliphatic hydroxyl groups excluding tert-OH is 1. The van der Waals surface area contributed by atoms with Gasteiger partial charge in [0.05, 0.1) is 18.9 Å². The molecule has 0 fully saturated rings. The highest BCUT2D eigenvalue weighted by atomic mass is 32.2. The molecule has 1 heterocycles. The zero-order valence-electron chi connectivity index (χ0n) is 9.85. The third-order valence-corrected chi connectivity index (χ3v) is 3.03. The van der Waals surface area contributed by atoms with E-state index in [-0.39, 0.29) is 0 Å². The SMILES string of the molecule is CCCOc1cncc(C(O)CSCC)c1. The fourth-order valence-corrected chi connectivity index (χ4v) is 1.89. The molecule has 1 rings (SSSR count). The Hall–Kier alpha value is -0.740. The van der Waals surface area contributed by atoms with Crippen LogP contribution in [0.5, 0.6) is 5.75 Å². The van der Waals surface area contributed by atoms with Crippen molar-refractivity contribution in [3.05, 3.63) is 24.0 Å². The van der Waals surface area contributed by atoms with Gasteiger partial charge in [-0.3, -0.25) is 4.98 Å². The van der Waals surface area contributed by atoms with Gasteiger partial charge in [-0.05, 0) is 18.2 Å². The molecule has 1 N–H and O–H groups in total. The van der Waals surface area contributed by atoms with Gasteiger partial charge in [-0.2, -0.15) is 11.8 Å². The first kappa shape index (κ1) is 13.3. The lowest BCUT2D eigenvalue weighted by molar-refractivity contribution is 0.202. The normalized spacial score (nSPS) is 12.4. The molecule has 4 heteroatoms. The Kier molecular flexibility index (Phi) is 6.26. The lowest BCUT2D eigenvalue weighted by Gasteiger charge is -2.11. The Morgan fingerprint density at radius 2 is 2.25 bits per heavy atom. The molecule has 0 bridgehead atoms. The van der Waals surface area contributed by atoms with Gasteiger partial charge in [0.1, 0.15) is 5.75 Å². The number of hydrogen-bond donors (Lipinski definition) is 1. The van der Waals surface area contributed by atoms with Crippen LogP contribution in [0.4, 0.5) is 0 Å². The van der Waals surface area contributed by atoms with E-state index in [1.165, 1.54) is 0 Å². The van der Waals surface area contributed by atoms with E-state index in [4.69, 9.17) is 4.74 Å². The molecule has 0 saturated carbocycles. The van der Waals surface area contributed by atoms with Crippen LogP contribution in [0.2, 0.25) is 0 Å². The van der Waals surface area contributed by atoms with Crippen LogP contribution in [0.3, 0.4) is 0 Å². The average Bonchev–Trinajstić information content (AvgIpc) is 2.33. The lowest BCUT2D eigenvalue weighted by Crippen LogP contribution is -2.03. The first-order chi connectivity index (χ1) is 7.77. The first-order valence-electron chi connectivity index (χ1n) is 5.61. The second-order valence-electron chi connectivity index (χ2n) is 3.48. The quantitative estimate of drug-likeness (QED) is 0.797. The fourth-order valence-electron chi connectivity index (χ4n) is 1.24. The molecule has 0 aliphatic heterocycles. The molecule has 0 saturated heterocycles. The van der Waals surface area contributed by atoms with Crippen LogP contribution in [0.25, 0.3) is 0 Å². The molecule has 1 aromatic rings. The molecule has 3 nitrogen and oxygen atoms in total. The summed E-state index contributed by atoms with van der Waals surface area (Å²) in [6, 6.07) is 1.86. The largest absolute Gasteiger partial charge is 0.492 e. The van der Waals surface area contributed by atoms with Gasteiger partial charge in [-0.15, -0.1) is 0 Å². The van der Waals surface area contributed by atoms with Crippen LogP contribution >= 0.6 is 11.8 Å². The molecule has 1 unspecified atom stereocenters. The van der Waals surface area contributed by atoms with Crippen molar-refractivity contribution in [2.75, 3.05) is 18.1 Å². The number of aliphatic hydroxyl groups is 1. The van der Waals surface area contributed by atoms with E-state index in [1.807, 2.05) is 6.07 Å². The first-order valence-corrected chi connectivity index (χ1v) is 6.77. The molecule has 0 radical (unpaired) electrons. The summed E-state index contributed by atoms with van der Waals surface area (Å²) in [5.74, 6) is 2.45. The third kappa shape index (κ3) is 4.41. The Morgan fingerprint density at radius 3 is 2.94 bits per heavy atom. The Bertz CT molecular complexity index is 307. The van der Waals surface area contributed by atoms with Crippen molar-refractivity contribution in [1.29, 1.82) is 0 Å². The standard InChI is InChI=1S/C12H19NO2S/c1-3-5-15-11-6-10(7-13-8-11)12(14)9-16-4-2/h6-8,12,14H,3-5,9H2,1-2H3. The predicted molar refractivity (Wildman–Crippen MR) is 68.0 cm³/mol. The summed E-state index contributed by atoms with van der Waals surface area (Å²) in [7, 11) is 0. The molecule has 0 aromatic carbocycles. The van der Waals surface area contributed by atoms with E-state index in [9.17, 15) is 5.11 Å². The van der Waals surface area contributed by atoms with Crippen molar-refractivity contribution in [2.45, 2.75) is 26.4 Å². The summed E-state index contributed by atoms with van der Waals surface area (Å²) in [5.41, 5.74) is 0.828. The van der Waals surface area contributed by atoms with Gasteiger partial charge in [-0.25, -0.2) is 0 Å². The fraction of sp³-hybridized carbons (Fsp3) is 0.583. The van der Waals surface area contributed by atoms with Gasteiger partial charge < -0.3 is 9.84 Å². The minimum atomic E-state index is -0.456. The molecule has 16 heavy (non-hydrogen) atoms. The summed E-state index contributed by atoms with van der Waals surface area (Å²) in [4.78, 5) is 4.07. The Balaban J connectivity index is 2.58. The van der Waals surface area contributed by atoms with Crippen molar-refractivity contribution in [2.24, 2.45) is 0 Å². The van der Waals surface area contributed by atoms with Crippen molar-refractivity contribution >= 4 is 11.8 Å². The average molecular weight is 241 g/mol. The minimum absolute atomic E-state index is 0.456. The van der Waals surface area contributed by atoms with Crippen LogP contribution < -0.4 is 4.74 Å². The molecular weight excluding hydrogens is 222 g/mol. The van der Waals surface area contributed by atoms with Crippen molar-refractivity contribution in [3.8, 4) is 5.75 Å². The van der Waals surface area contributed by atoms with Crippen LogP contribution in [0.1, 0.15) is 31.9 Å². The number of nitrogens with zero attached hydrogens (tertiary/aromatic N) is 1. The maximum Gasteiger partial charge on any atom is 0.137 e. The zero-order chi connectivity index (χ0) is 11.8. The summed E-state index contributed by atoms with van der Waals surface area (Å²) in [6.45, 7) is 4.82. The van der Waals surface area contributed by atoms with Crippen molar-refractivity contribution < 1.29 is 9.84 Å². The summed E-state index contributed by atoms with van der Waals surface area (Å²) >= 11 is 1.72. The van der Waals surface area contributed by atoms with Crippen LogP contribution in [-0.2, 0) is 0 Å². The molecular formula is C12H19NO2S. The summed E-state index contributed by atoms with van der Waals surface area (Å²) < 4.78 is 5.47. The molecule has 90 valence electrons. The van der Waals surface area contributed by atoms with Gasteiger partial charge in [0, 0.05) is 17.5 Å². The number of ether oxygens (including phenoxy) is 1. The monoisotopic (exact) mass is 241 g/mol. The van der Waals surface area contributed by atoms with Crippen LogP contribution in [-0.4, -0.2) is 28.2 Å². The number of rotatable bonds is 7. The van der Waals surface area contributed by atoms with E-state index in [0.29, 0.717) is 12.4 Å². The van der Waals surface area contributed by atoms with Gasteiger partial charge >= 0.3 is 0 Å². The topological polar surface area (TPSA) is 42.4 Å². The van der Waals surface area contributed by atoms with E-state index in [2.05, 4.69) is 18.8 Å². The molecule has 0 spiro atoms. The number of pyridine rings is 1. The summed E-state index contributed by atoms with van der Waals surface area (Å²) in [6.07, 6.45) is 3.89. The van der Waals surface area contributed by atoms with Crippen LogP contribution in [0, 0.1) is 0 Å². The van der Waals surface area contributed by atoms with Gasteiger partial charge in [0.25, 0.3) is 0 Å².